The van der Waals surface area contributed by atoms with E-state index >= 15 is 0 Å². The molecule has 0 unspecified atom stereocenters. The van der Waals surface area contributed by atoms with Crippen LogP contribution in [0.4, 0.5) is 0 Å². The average Bonchev–Trinajstić information content (AvgIpc) is 2.59. The molecular weight excluding hydrogens is 304 g/mol. The molecule has 1 saturated heterocycles. The summed E-state index contributed by atoms with van der Waals surface area (Å²) < 4.78 is 11.0. The maximum absolute atomic E-state index is 11.3. The molecule has 24 heavy (non-hydrogen) atoms. The maximum atomic E-state index is 11.3. The summed E-state index contributed by atoms with van der Waals surface area (Å²) in [6.07, 6.45) is 1.44. The third kappa shape index (κ3) is 4.83. The van der Waals surface area contributed by atoms with Gasteiger partial charge >= 0.3 is 5.97 Å². The molecule has 0 aromatic heterocycles. The molecule has 126 valence electrons. The predicted octanol–water partition coefficient (Wildman–Crippen LogP) is 3.26. The molecule has 0 saturated carbocycles. The third-order valence-corrected chi connectivity index (χ3v) is 4.16. The smallest absolute Gasteiger partial charge is 0.308 e. The van der Waals surface area contributed by atoms with Crippen molar-refractivity contribution in [1.82, 2.24) is 0 Å². The molecular formula is C20H22O4. The molecule has 0 bridgehead atoms. The van der Waals surface area contributed by atoms with Gasteiger partial charge in [-0.3, -0.25) is 4.79 Å². The number of carbonyl (C=O) groups excluding carboxylic acids is 1. The molecule has 1 fully saturated rings. The second kappa shape index (κ2) is 7.97. The fraction of sp³-hybridized carbons (Fsp3) is 0.350. The van der Waals surface area contributed by atoms with Crippen molar-refractivity contribution in [2.24, 2.45) is 0 Å². The lowest BCUT2D eigenvalue weighted by atomic mass is 9.99. The largest absolute Gasteiger partial charge is 0.489 e. The second-order valence-electron chi connectivity index (χ2n) is 6.16. The van der Waals surface area contributed by atoms with Crippen LogP contribution in [0.15, 0.2) is 54.6 Å². The minimum absolute atomic E-state index is 0.115. The Hall–Kier alpha value is -2.33. The molecule has 4 nitrogen and oxygen atoms in total. The summed E-state index contributed by atoms with van der Waals surface area (Å²) in [6, 6.07) is 18.0. The predicted molar refractivity (Wildman–Crippen MR) is 90.7 cm³/mol. The highest BCUT2D eigenvalue weighted by molar-refractivity contribution is 5.70. The number of rotatable bonds is 6. The zero-order valence-corrected chi connectivity index (χ0v) is 13.6. The summed E-state index contributed by atoms with van der Waals surface area (Å²) in [5.74, 6) is 0.533. The lowest BCUT2D eigenvalue weighted by Crippen LogP contribution is -2.32. The van der Waals surface area contributed by atoms with Crippen molar-refractivity contribution in [3.63, 3.8) is 0 Å². The average molecular weight is 326 g/mol. The standard InChI is InChI=1S/C20H22O4/c21-17-12-19(24-20(22)13-17)11-8-15-6-9-18(10-7-15)23-14-16-4-2-1-3-5-16/h1-7,9-10,17,19,21H,8,11-14H2/t17-,19-/m0/s1. The first-order valence-electron chi connectivity index (χ1n) is 8.32. The molecule has 1 heterocycles. The molecule has 1 aliphatic rings. The number of aliphatic hydroxyl groups is 1. The van der Waals surface area contributed by atoms with E-state index < -0.39 is 6.10 Å². The van der Waals surface area contributed by atoms with Gasteiger partial charge in [0.05, 0.1) is 12.5 Å². The van der Waals surface area contributed by atoms with Crippen molar-refractivity contribution < 1.29 is 19.4 Å². The summed E-state index contributed by atoms with van der Waals surface area (Å²) >= 11 is 0. The van der Waals surface area contributed by atoms with E-state index in [2.05, 4.69) is 0 Å². The molecule has 1 N–H and O–H groups in total. The molecule has 4 heteroatoms. The van der Waals surface area contributed by atoms with Gasteiger partial charge in [-0.05, 0) is 36.1 Å². The first-order chi connectivity index (χ1) is 11.7. The molecule has 1 aliphatic heterocycles. The van der Waals surface area contributed by atoms with Gasteiger partial charge in [0.1, 0.15) is 18.5 Å². The summed E-state index contributed by atoms with van der Waals surface area (Å²) in [6.45, 7) is 0.552. The number of benzene rings is 2. The van der Waals surface area contributed by atoms with Gasteiger partial charge in [-0.1, -0.05) is 42.5 Å². The fourth-order valence-electron chi connectivity index (χ4n) is 2.86. The van der Waals surface area contributed by atoms with Crippen molar-refractivity contribution in [2.75, 3.05) is 0 Å². The minimum atomic E-state index is -0.565. The molecule has 2 aromatic rings. The highest BCUT2D eigenvalue weighted by Gasteiger charge is 2.26. The van der Waals surface area contributed by atoms with Crippen molar-refractivity contribution in [2.45, 2.75) is 44.5 Å². The Labute approximate surface area is 142 Å². The summed E-state index contributed by atoms with van der Waals surface area (Å²) in [7, 11) is 0. The molecule has 2 aromatic carbocycles. The van der Waals surface area contributed by atoms with E-state index in [-0.39, 0.29) is 18.5 Å². The van der Waals surface area contributed by atoms with Crippen LogP contribution in [-0.2, 0) is 22.6 Å². The van der Waals surface area contributed by atoms with Gasteiger partial charge in [-0.2, -0.15) is 0 Å². The van der Waals surface area contributed by atoms with Crippen molar-refractivity contribution >= 4 is 5.97 Å². The Morgan fingerprint density at radius 3 is 2.50 bits per heavy atom. The number of ether oxygens (including phenoxy) is 2. The van der Waals surface area contributed by atoms with Crippen LogP contribution >= 0.6 is 0 Å². The third-order valence-electron chi connectivity index (χ3n) is 4.16. The zero-order valence-electron chi connectivity index (χ0n) is 13.6. The number of carbonyl (C=O) groups is 1. The number of aryl methyl sites for hydroxylation is 1. The number of esters is 1. The van der Waals surface area contributed by atoms with E-state index in [1.54, 1.807) is 0 Å². The zero-order chi connectivity index (χ0) is 16.8. The Balaban J connectivity index is 1.47. The number of cyclic esters (lactones) is 1. The van der Waals surface area contributed by atoms with E-state index in [9.17, 15) is 9.90 Å². The van der Waals surface area contributed by atoms with Gasteiger partial charge in [0.25, 0.3) is 0 Å². The van der Waals surface area contributed by atoms with Gasteiger partial charge in [-0.25, -0.2) is 0 Å². The van der Waals surface area contributed by atoms with Gasteiger partial charge in [-0.15, -0.1) is 0 Å². The quantitative estimate of drug-likeness (QED) is 0.828. The number of hydrogen-bond acceptors (Lipinski definition) is 4. The lowest BCUT2D eigenvalue weighted by molar-refractivity contribution is -0.160. The number of hydrogen-bond donors (Lipinski definition) is 1. The van der Waals surface area contributed by atoms with E-state index in [1.807, 2.05) is 54.6 Å². The minimum Gasteiger partial charge on any atom is -0.489 e. The van der Waals surface area contributed by atoms with Gasteiger partial charge in [0.15, 0.2) is 0 Å². The maximum Gasteiger partial charge on any atom is 0.308 e. The van der Waals surface area contributed by atoms with Crippen molar-refractivity contribution in [3.05, 3.63) is 65.7 Å². The van der Waals surface area contributed by atoms with E-state index in [0.717, 1.165) is 29.7 Å². The first-order valence-corrected chi connectivity index (χ1v) is 8.32. The molecule has 3 rings (SSSR count). The van der Waals surface area contributed by atoms with Crippen LogP contribution in [-0.4, -0.2) is 23.3 Å². The van der Waals surface area contributed by atoms with Crippen LogP contribution in [0.3, 0.4) is 0 Å². The summed E-state index contributed by atoms with van der Waals surface area (Å²) in [4.78, 5) is 11.3. The highest BCUT2D eigenvalue weighted by Crippen LogP contribution is 2.21. The second-order valence-corrected chi connectivity index (χ2v) is 6.16. The van der Waals surface area contributed by atoms with Crippen molar-refractivity contribution in [3.8, 4) is 5.75 Å². The van der Waals surface area contributed by atoms with Gasteiger partial charge in [0.2, 0.25) is 0 Å². The first kappa shape index (κ1) is 16.5. The number of aliphatic hydroxyl groups excluding tert-OH is 1. The fourth-order valence-corrected chi connectivity index (χ4v) is 2.86. The van der Waals surface area contributed by atoms with Crippen molar-refractivity contribution in [1.29, 1.82) is 0 Å². The molecule has 2 atom stereocenters. The van der Waals surface area contributed by atoms with Crippen LogP contribution < -0.4 is 4.74 Å². The van der Waals surface area contributed by atoms with Crippen LogP contribution in [0.2, 0.25) is 0 Å². The molecule has 0 spiro atoms. The Kier molecular flexibility index (Phi) is 5.49. The monoisotopic (exact) mass is 326 g/mol. The van der Waals surface area contributed by atoms with Crippen LogP contribution in [0.25, 0.3) is 0 Å². The summed E-state index contributed by atoms with van der Waals surface area (Å²) in [5, 5.41) is 9.62. The SMILES string of the molecule is O=C1C[C@@H](O)C[C@H](CCc2ccc(OCc3ccccc3)cc2)O1. The van der Waals surface area contributed by atoms with E-state index in [0.29, 0.717) is 13.0 Å². The van der Waals surface area contributed by atoms with Gasteiger partial charge < -0.3 is 14.6 Å². The van der Waals surface area contributed by atoms with Gasteiger partial charge in [0, 0.05) is 6.42 Å². The molecule has 0 radical (unpaired) electrons. The van der Waals surface area contributed by atoms with Crippen LogP contribution in [0.5, 0.6) is 5.75 Å². The Bertz CT molecular complexity index is 651. The van der Waals surface area contributed by atoms with Crippen LogP contribution in [0.1, 0.15) is 30.4 Å². The lowest BCUT2D eigenvalue weighted by Gasteiger charge is -2.25. The highest BCUT2D eigenvalue weighted by atomic mass is 16.5. The summed E-state index contributed by atoms with van der Waals surface area (Å²) in [5.41, 5.74) is 2.30. The Morgan fingerprint density at radius 1 is 1.04 bits per heavy atom. The van der Waals surface area contributed by atoms with Crippen LogP contribution in [0, 0.1) is 0 Å². The molecule has 0 amide bonds. The Morgan fingerprint density at radius 2 is 1.79 bits per heavy atom. The normalized spacial score (nSPS) is 20.5. The molecule has 0 aliphatic carbocycles. The van der Waals surface area contributed by atoms with E-state index in [1.165, 1.54) is 0 Å². The van der Waals surface area contributed by atoms with E-state index in [4.69, 9.17) is 9.47 Å². The topological polar surface area (TPSA) is 55.8 Å².